The Morgan fingerprint density at radius 3 is 2.62 bits per heavy atom. The average Bonchev–Trinajstić information content (AvgIpc) is 2.40. The predicted octanol–water partition coefficient (Wildman–Crippen LogP) is 5.71. The Bertz CT molecular complexity index is 468. The van der Waals surface area contributed by atoms with Crippen LogP contribution in [-0.2, 0) is 4.79 Å². The zero-order valence-corrected chi connectivity index (χ0v) is 14.6. The number of ketones is 1. The molecule has 2 aliphatic carbocycles. The third kappa shape index (κ3) is 2.89. The maximum atomic E-state index is 12.5. The number of fused-ring (bicyclic) bond motifs is 1. The van der Waals surface area contributed by atoms with E-state index < -0.39 is 0 Å². The van der Waals surface area contributed by atoms with Gasteiger partial charge in [-0.15, -0.1) is 0 Å². The van der Waals surface area contributed by atoms with Crippen molar-refractivity contribution in [1.29, 1.82) is 0 Å². The van der Waals surface area contributed by atoms with Crippen LogP contribution in [0.15, 0.2) is 23.8 Å². The lowest BCUT2D eigenvalue weighted by Crippen LogP contribution is -2.49. The van der Waals surface area contributed by atoms with Crippen molar-refractivity contribution in [3.8, 4) is 0 Å². The monoisotopic (exact) mass is 288 g/mol. The fourth-order valence-electron chi connectivity index (χ4n) is 5.16. The lowest BCUT2D eigenvalue weighted by Gasteiger charge is -2.58. The van der Waals surface area contributed by atoms with Crippen molar-refractivity contribution < 1.29 is 4.79 Å². The van der Waals surface area contributed by atoms with Crippen molar-refractivity contribution in [2.24, 2.45) is 22.7 Å². The van der Waals surface area contributed by atoms with E-state index in [2.05, 4.69) is 27.4 Å². The summed E-state index contributed by atoms with van der Waals surface area (Å²) in [6.45, 7) is 15.5. The van der Waals surface area contributed by atoms with Crippen LogP contribution in [0.2, 0.25) is 0 Å². The van der Waals surface area contributed by atoms with Gasteiger partial charge in [-0.3, -0.25) is 4.79 Å². The first kappa shape index (κ1) is 16.5. The molecule has 0 spiro atoms. The molecule has 21 heavy (non-hydrogen) atoms. The lowest BCUT2D eigenvalue weighted by atomic mass is 9.47. The Morgan fingerprint density at radius 1 is 1.33 bits per heavy atom. The van der Waals surface area contributed by atoms with Gasteiger partial charge in [0.15, 0.2) is 5.78 Å². The van der Waals surface area contributed by atoms with Crippen LogP contribution in [0.25, 0.3) is 0 Å². The molecule has 0 aliphatic heterocycles. The highest BCUT2D eigenvalue weighted by atomic mass is 16.1. The number of allylic oxidation sites excluding steroid dienone is 3. The summed E-state index contributed by atoms with van der Waals surface area (Å²) in [5.74, 6) is 1.42. The number of carbonyl (C=O) groups excluding carboxylic acids is 1. The van der Waals surface area contributed by atoms with Crippen LogP contribution in [0.1, 0.15) is 73.1 Å². The van der Waals surface area contributed by atoms with Crippen LogP contribution >= 0.6 is 0 Å². The minimum absolute atomic E-state index is 0.265. The van der Waals surface area contributed by atoms with E-state index in [1.165, 1.54) is 31.3 Å². The average molecular weight is 288 g/mol. The van der Waals surface area contributed by atoms with E-state index in [1.807, 2.05) is 19.9 Å². The molecular formula is C20H32O. The Morgan fingerprint density at radius 2 is 2.00 bits per heavy atom. The maximum absolute atomic E-state index is 12.5. The molecule has 2 rings (SSSR count). The summed E-state index contributed by atoms with van der Waals surface area (Å²) in [6.07, 6.45) is 8.85. The largest absolute Gasteiger partial charge is 0.295 e. The Balaban J connectivity index is 2.30. The van der Waals surface area contributed by atoms with Gasteiger partial charge in [0.25, 0.3) is 0 Å². The first-order valence-electron chi connectivity index (χ1n) is 8.56. The fraction of sp³-hybridized carbons (Fsp3) is 0.750. The number of rotatable bonds is 3. The van der Waals surface area contributed by atoms with E-state index in [1.54, 1.807) is 0 Å². The van der Waals surface area contributed by atoms with Gasteiger partial charge in [-0.05, 0) is 67.8 Å². The third-order valence-corrected chi connectivity index (χ3v) is 6.58. The van der Waals surface area contributed by atoms with Crippen molar-refractivity contribution in [2.45, 2.75) is 73.1 Å². The Hall–Kier alpha value is -0.850. The highest BCUT2D eigenvalue weighted by Gasteiger charge is 2.53. The molecule has 118 valence electrons. The highest BCUT2D eigenvalue weighted by molar-refractivity contribution is 5.95. The van der Waals surface area contributed by atoms with Crippen molar-refractivity contribution in [3.05, 3.63) is 23.8 Å². The second kappa shape index (κ2) is 5.74. The maximum Gasteiger partial charge on any atom is 0.158 e. The van der Waals surface area contributed by atoms with Gasteiger partial charge in [-0.2, -0.15) is 0 Å². The molecule has 0 N–H and O–H groups in total. The minimum Gasteiger partial charge on any atom is -0.295 e. The minimum atomic E-state index is 0.265. The molecule has 0 saturated heterocycles. The van der Waals surface area contributed by atoms with E-state index >= 15 is 0 Å². The Labute approximate surface area is 130 Å². The van der Waals surface area contributed by atoms with Gasteiger partial charge in [-0.25, -0.2) is 0 Å². The summed E-state index contributed by atoms with van der Waals surface area (Å²) in [5, 5.41) is 0. The molecule has 0 aromatic rings. The molecule has 0 heterocycles. The van der Waals surface area contributed by atoms with E-state index in [0.29, 0.717) is 23.5 Å². The van der Waals surface area contributed by atoms with Crippen LogP contribution in [-0.4, -0.2) is 5.78 Å². The molecule has 0 unspecified atom stereocenters. The molecule has 0 aromatic carbocycles. The van der Waals surface area contributed by atoms with Crippen molar-refractivity contribution in [2.75, 3.05) is 0 Å². The van der Waals surface area contributed by atoms with Crippen molar-refractivity contribution >= 4 is 5.78 Å². The molecule has 3 atom stereocenters. The smallest absolute Gasteiger partial charge is 0.158 e. The summed E-state index contributed by atoms with van der Waals surface area (Å²) >= 11 is 0. The van der Waals surface area contributed by atoms with E-state index in [4.69, 9.17) is 0 Å². The predicted molar refractivity (Wildman–Crippen MR) is 90.1 cm³/mol. The topological polar surface area (TPSA) is 17.1 Å². The zero-order valence-electron chi connectivity index (χ0n) is 14.6. The standard InChI is InChI=1S/C20H32O/c1-7-14(2)17(21)13-16-15(3)9-10-18-19(4,5)11-8-12-20(16,18)6/h7,16,18H,3,8-13H2,1-2,4-6H3/b14-7-/t16-,18-,20+/m0/s1. The lowest BCUT2D eigenvalue weighted by molar-refractivity contribution is -0.120. The molecule has 1 heteroatoms. The molecule has 2 fully saturated rings. The van der Waals surface area contributed by atoms with Gasteiger partial charge in [0.1, 0.15) is 0 Å². The SMILES string of the molecule is C=C1CC[C@H]2C(C)(C)CCC[C@]2(C)[C@H]1CC(=O)/C(C)=C\C. The van der Waals surface area contributed by atoms with Crippen LogP contribution < -0.4 is 0 Å². The van der Waals surface area contributed by atoms with Crippen LogP contribution in [0, 0.1) is 22.7 Å². The second-order valence-corrected chi connectivity index (χ2v) is 8.25. The number of Topliss-reactive ketones (excluding diaryl/α,β-unsaturated/α-hetero) is 1. The van der Waals surface area contributed by atoms with Crippen LogP contribution in [0.5, 0.6) is 0 Å². The van der Waals surface area contributed by atoms with Gasteiger partial charge in [0.2, 0.25) is 0 Å². The van der Waals surface area contributed by atoms with Gasteiger partial charge < -0.3 is 0 Å². The first-order chi connectivity index (χ1) is 9.72. The number of hydrogen-bond donors (Lipinski definition) is 0. The van der Waals surface area contributed by atoms with Gasteiger partial charge in [-0.1, -0.05) is 45.4 Å². The number of hydrogen-bond acceptors (Lipinski definition) is 1. The van der Waals surface area contributed by atoms with E-state index in [-0.39, 0.29) is 5.41 Å². The van der Waals surface area contributed by atoms with Gasteiger partial charge in [0, 0.05) is 6.42 Å². The summed E-state index contributed by atoms with van der Waals surface area (Å²) in [5.41, 5.74) is 2.90. The third-order valence-electron chi connectivity index (χ3n) is 6.58. The molecular weight excluding hydrogens is 256 g/mol. The summed E-state index contributed by atoms with van der Waals surface area (Å²) in [4.78, 5) is 12.5. The van der Waals surface area contributed by atoms with Gasteiger partial charge >= 0.3 is 0 Å². The zero-order chi connectivity index (χ0) is 15.8. The van der Waals surface area contributed by atoms with Crippen LogP contribution in [0.3, 0.4) is 0 Å². The van der Waals surface area contributed by atoms with E-state index in [9.17, 15) is 4.79 Å². The number of carbonyl (C=O) groups is 1. The van der Waals surface area contributed by atoms with E-state index in [0.717, 1.165) is 17.9 Å². The summed E-state index contributed by atoms with van der Waals surface area (Å²) < 4.78 is 0. The molecule has 0 amide bonds. The normalized spacial score (nSPS) is 36.2. The second-order valence-electron chi connectivity index (χ2n) is 8.25. The summed E-state index contributed by atoms with van der Waals surface area (Å²) in [6, 6.07) is 0. The summed E-state index contributed by atoms with van der Waals surface area (Å²) in [7, 11) is 0. The molecule has 1 nitrogen and oxygen atoms in total. The molecule has 0 aromatic heterocycles. The van der Waals surface area contributed by atoms with Crippen LogP contribution in [0.4, 0.5) is 0 Å². The van der Waals surface area contributed by atoms with Gasteiger partial charge in [0.05, 0.1) is 0 Å². The molecule has 2 aliphatic rings. The Kier molecular flexibility index (Phi) is 4.52. The highest BCUT2D eigenvalue weighted by Crippen LogP contribution is 2.61. The molecule has 0 bridgehead atoms. The quantitative estimate of drug-likeness (QED) is 0.480. The molecule has 2 saturated carbocycles. The first-order valence-corrected chi connectivity index (χ1v) is 8.56. The molecule has 0 radical (unpaired) electrons. The van der Waals surface area contributed by atoms with Crippen molar-refractivity contribution in [1.82, 2.24) is 0 Å². The van der Waals surface area contributed by atoms with Crippen molar-refractivity contribution in [3.63, 3.8) is 0 Å². The fourth-order valence-corrected chi connectivity index (χ4v) is 5.16.